The molecule has 1 N–H and O–H groups in total. The number of amides is 1. The van der Waals surface area contributed by atoms with E-state index in [1.165, 1.54) is 4.90 Å². The second-order valence-electron chi connectivity index (χ2n) is 10.8. The van der Waals surface area contributed by atoms with E-state index in [2.05, 4.69) is 25.8 Å². The average molecular weight is 499 g/mol. The van der Waals surface area contributed by atoms with Crippen LogP contribution in [0.15, 0.2) is 72.6 Å². The molecule has 1 aliphatic heterocycles. The van der Waals surface area contributed by atoms with Crippen LogP contribution in [-0.4, -0.2) is 32.8 Å². The number of nitrogens with zero attached hydrogens (tertiary/aromatic N) is 2. The van der Waals surface area contributed by atoms with E-state index in [9.17, 15) is 14.7 Å². The van der Waals surface area contributed by atoms with Crippen molar-refractivity contribution in [2.45, 2.75) is 65.6 Å². The number of aromatic nitrogens is 1. The molecule has 6 heteroatoms. The van der Waals surface area contributed by atoms with Gasteiger partial charge in [0.05, 0.1) is 17.7 Å². The molecule has 2 aromatic carbocycles. The Kier molecular flexibility index (Phi) is 7.21. The summed E-state index contributed by atoms with van der Waals surface area (Å²) in [5.41, 5.74) is 4.01. The lowest BCUT2D eigenvalue weighted by atomic mass is 9.85. The van der Waals surface area contributed by atoms with E-state index < -0.39 is 17.7 Å². The number of ketones is 1. The van der Waals surface area contributed by atoms with Crippen molar-refractivity contribution in [2.75, 3.05) is 0 Å². The number of pyridine rings is 1. The maximum absolute atomic E-state index is 13.4. The molecular weight excluding hydrogens is 464 g/mol. The lowest BCUT2D eigenvalue weighted by Gasteiger charge is -2.26. The number of likely N-dealkylation sites (tertiary alicyclic amines) is 1. The highest BCUT2D eigenvalue weighted by atomic mass is 16.5. The summed E-state index contributed by atoms with van der Waals surface area (Å²) < 4.78 is 5.82. The number of carbonyl (C=O) groups is 2. The molecule has 1 aliphatic rings. The molecule has 1 aromatic heterocycles. The molecule has 0 radical (unpaired) electrons. The first-order chi connectivity index (χ1) is 17.5. The van der Waals surface area contributed by atoms with Gasteiger partial charge in [-0.05, 0) is 72.7 Å². The highest BCUT2D eigenvalue weighted by Crippen LogP contribution is 2.41. The van der Waals surface area contributed by atoms with Crippen LogP contribution in [0.5, 0.6) is 5.75 Å². The molecule has 0 saturated carbocycles. The predicted octanol–water partition coefficient (Wildman–Crippen LogP) is 6.10. The van der Waals surface area contributed by atoms with Gasteiger partial charge in [0.1, 0.15) is 11.5 Å². The Morgan fingerprint density at radius 3 is 2.35 bits per heavy atom. The summed E-state index contributed by atoms with van der Waals surface area (Å²) in [6.45, 7) is 12.4. The van der Waals surface area contributed by atoms with Crippen molar-refractivity contribution >= 4 is 17.4 Å². The molecule has 6 nitrogen and oxygen atoms in total. The Morgan fingerprint density at radius 2 is 1.78 bits per heavy atom. The van der Waals surface area contributed by atoms with Crippen molar-refractivity contribution < 1.29 is 19.4 Å². The van der Waals surface area contributed by atoms with Gasteiger partial charge < -0.3 is 14.7 Å². The van der Waals surface area contributed by atoms with Gasteiger partial charge in [-0.1, -0.05) is 51.1 Å². The number of aryl methyl sites for hydroxylation is 1. The molecule has 0 spiro atoms. The van der Waals surface area contributed by atoms with E-state index in [1.807, 2.05) is 51.1 Å². The van der Waals surface area contributed by atoms with Crippen molar-refractivity contribution in [3.8, 4) is 5.75 Å². The third-order valence-corrected chi connectivity index (χ3v) is 6.52. The average Bonchev–Trinajstić information content (AvgIpc) is 3.09. The highest BCUT2D eigenvalue weighted by Gasteiger charge is 2.46. The van der Waals surface area contributed by atoms with Gasteiger partial charge in [-0.15, -0.1) is 0 Å². The molecule has 0 unspecified atom stereocenters. The van der Waals surface area contributed by atoms with Gasteiger partial charge in [-0.2, -0.15) is 0 Å². The van der Waals surface area contributed by atoms with Crippen LogP contribution in [0, 0.1) is 6.92 Å². The molecule has 0 bridgehead atoms. The van der Waals surface area contributed by atoms with E-state index in [0.29, 0.717) is 11.3 Å². The molecule has 1 fully saturated rings. The number of hydrogen-bond donors (Lipinski definition) is 1. The lowest BCUT2D eigenvalue weighted by molar-refractivity contribution is -0.140. The molecule has 0 aliphatic carbocycles. The second-order valence-corrected chi connectivity index (χ2v) is 10.8. The Labute approximate surface area is 218 Å². The number of Topliss-reactive ketones (excluding diaryl/α,β-unsaturated/α-hetero) is 1. The van der Waals surface area contributed by atoms with Gasteiger partial charge in [0.25, 0.3) is 11.7 Å². The monoisotopic (exact) mass is 498 g/mol. The fraction of sp³-hybridized carbons (Fsp3) is 0.323. The summed E-state index contributed by atoms with van der Waals surface area (Å²) in [6, 6.07) is 16.1. The van der Waals surface area contributed by atoms with E-state index in [0.717, 1.165) is 22.3 Å². The van der Waals surface area contributed by atoms with Crippen molar-refractivity contribution in [1.82, 2.24) is 9.88 Å². The number of ether oxygens (including phenoxy) is 1. The minimum Gasteiger partial charge on any atom is -0.507 e. The molecule has 2 heterocycles. The molecule has 1 atom stereocenters. The minimum absolute atomic E-state index is 0.00650. The Bertz CT molecular complexity index is 1340. The van der Waals surface area contributed by atoms with Crippen LogP contribution in [-0.2, 0) is 21.5 Å². The summed E-state index contributed by atoms with van der Waals surface area (Å²) in [5, 5.41) is 11.4. The van der Waals surface area contributed by atoms with Gasteiger partial charge in [0, 0.05) is 24.5 Å². The molecule has 3 aromatic rings. The van der Waals surface area contributed by atoms with Crippen molar-refractivity contribution in [1.29, 1.82) is 0 Å². The van der Waals surface area contributed by atoms with Crippen LogP contribution < -0.4 is 4.74 Å². The maximum atomic E-state index is 13.4. The SMILES string of the molecule is Cc1cc(C(O)=C2C(=O)C(=O)N(Cc3cccnc3)[C@@H]2c2ccc(C(C)(C)C)cc2)ccc1OC(C)C. The van der Waals surface area contributed by atoms with Crippen LogP contribution in [0.4, 0.5) is 0 Å². The zero-order valence-corrected chi connectivity index (χ0v) is 22.3. The first kappa shape index (κ1) is 26.1. The number of benzene rings is 2. The Balaban J connectivity index is 1.83. The second kappa shape index (κ2) is 10.2. The Hall–Kier alpha value is -3.93. The van der Waals surface area contributed by atoms with Crippen molar-refractivity contribution in [2.24, 2.45) is 0 Å². The lowest BCUT2D eigenvalue weighted by Crippen LogP contribution is -2.29. The quantitative estimate of drug-likeness (QED) is 0.252. The number of aliphatic hydroxyl groups excluding tert-OH is 1. The van der Waals surface area contributed by atoms with E-state index in [4.69, 9.17) is 4.74 Å². The molecule has 4 rings (SSSR count). The van der Waals surface area contributed by atoms with Gasteiger partial charge in [0.15, 0.2) is 0 Å². The molecule has 192 valence electrons. The number of rotatable bonds is 6. The standard InChI is InChI=1S/C31H34N2O4/c1-19(2)37-25-14-11-23(16-20(25)3)28(34)26-27(22-9-12-24(13-10-22)31(4,5)6)33(30(36)29(26)35)18-21-8-7-15-32-17-21/h7-17,19,27,34H,18H2,1-6H3/t27-/m1/s1. The van der Waals surface area contributed by atoms with E-state index >= 15 is 0 Å². The van der Waals surface area contributed by atoms with E-state index in [-0.39, 0.29) is 29.4 Å². The zero-order valence-electron chi connectivity index (χ0n) is 22.3. The third-order valence-electron chi connectivity index (χ3n) is 6.52. The summed E-state index contributed by atoms with van der Waals surface area (Å²) in [4.78, 5) is 32.3. The van der Waals surface area contributed by atoms with Gasteiger partial charge in [-0.25, -0.2) is 0 Å². The van der Waals surface area contributed by atoms with E-state index in [1.54, 1.807) is 36.7 Å². The van der Waals surface area contributed by atoms with Crippen LogP contribution in [0.2, 0.25) is 0 Å². The third kappa shape index (κ3) is 5.43. The van der Waals surface area contributed by atoms with Crippen LogP contribution in [0.25, 0.3) is 5.76 Å². The summed E-state index contributed by atoms with van der Waals surface area (Å²) >= 11 is 0. The summed E-state index contributed by atoms with van der Waals surface area (Å²) in [6.07, 6.45) is 3.34. The molecule has 1 amide bonds. The first-order valence-electron chi connectivity index (χ1n) is 12.5. The fourth-order valence-corrected chi connectivity index (χ4v) is 4.58. The molecule has 1 saturated heterocycles. The van der Waals surface area contributed by atoms with Gasteiger partial charge >= 0.3 is 0 Å². The largest absolute Gasteiger partial charge is 0.507 e. The van der Waals surface area contributed by atoms with Crippen LogP contribution in [0.3, 0.4) is 0 Å². The van der Waals surface area contributed by atoms with Crippen LogP contribution in [0.1, 0.15) is 68.5 Å². The van der Waals surface area contributed by atoms with Gasteiger partial charge in [-0.3, -0.25) is 14.6 Å². The normalized spacial score (nSPS) is 17.5. The predicted molar refractivity (Wildman–Crippen MR) is 144 cm³/mol. The first-order valence-corrected chi connectivity index (χ1v) is 12.5. The zero-order chi connectivity index (χ0) is 26.9. The smallest absolute Gasteiger partial charge is 0.295 e. The maximum Gasteiger partial charge on any atom is 0.295 e. The van der Waals surface area contributed by atoms with Crippen molar-refractivity contribution in [3.05, 3.63) is 100 Å². The topological polar surface area (TPSA) is 79.7 Å². The highest BCUT2D eigenvalue weighted by molar-refractivity contribution is 6.46. The molecule has 37 heavy (non-hydrogen) atoms. The van der Waals surface area contributed by atoms with Crippen LogP contribution >= 0.6 is 0 Å². The van der Waals surface area contributed by atoms with Gasteiger partial charge in [0.2, 0.25) is 0 Å². The molecular formula is C31H34N2O4. The number of aliphatic hydroxyl groups is 1. The Morgan fingerprint density at radius 1 is 1.08 bits per heavy atom. The summed E-state index contributed by atoms with van der Waals surface area (Å²) in [7, 11) is 0. The van der Waals surface area contributed by atoms with Crippen molar-refractivity contribution in [3.63, 3.8) is 0 Å². The summed E-state index contributed by atoms with van der Waals surface area (Å²) in [5.74, 6) is -0.840. The fourth-order valence-electron chi connectivity index (χ4n) is 4.58. The number of carbonyl (C=O) groups excluding carboxylic acids is 2. The minimum atomic E-state index is -0.735. The number of hydrogen-bond acceptors (Lipinski definition) is 5.